The summed E-state index contributed by atoms with van der Waals surface area (Å²) in [4.78, 5) is 0. The standard InChI is InChI=1S/C11H10N2/c12-6-5-9-7-10-3-1-2-4-11(10)13-8-9/h1-4,7,13H,5,8H2. The van der Waals surface area contributed by atoms with Gasteiger partial charge in [-0.1, -0.05) is 24.3 Å². The van der Waals surface area contributed by atoms with Gasteiger partial charge in [-0.15, -0.1) is 0 Å². The molecule has 0 aliphatic carbocycles. The average Bonchev–Trinajstić information content (AvgIpc) is 2.18. The molecule has 0 amide bonds. The number of benzene rings is 1. The average molecular weight is 170 g/mol. The second-order valence-corrected chi connectivity index (χ2v) is 3.08. The van der Waals surface area contributed by atoms with Crippen molar-refractivity contribution in [2.75, 3.05) is 11.9 Å². The number of para-hydroxylation sites is 1. The number of hydrogen-bond donors (Lipinski definition) is 1. The monoisotopic (exact) mass is 170 g/mol. The van der Waals surface area contributed by atoms with E-state index in [0.29, 0.717) is 6.42 Å². The SMILES string of the molecule is N#CCC1=Cc2ccccc2NC1. The highest BCUT2D eigenvalue weighted by Gasteiger charge is 2.07. The second kappa shape index (κ2) is 3.32. The maximum atomic E-state index is 8.55. The Balaban J connectivity index is 2.34. The summed E-state index contributed by atoms with van der Waals surface area (Å²) in [6.07, 6.45) is 2.61. The predicted molar refractivity (Wildman–Crippen MR) is 53.1 cm³/mol. The molecule has 13 heavy (non-hydrogen) atoms. The van der Waals surface area contributed by atoms with Crippen LogP contribution >= 0.6 is 0 Å². The van der Waals surface area contributed by atoms with Crippen molar-refractivity contribution >= 4 is 11.8 Å². The lowest BCUT2D eigenvalue weighted by Gasteiger charge is -2.16. The molecular weight excluding hydrogens is 160 g/mol. The van der Waals surface area contributed by atoms with E-state index in [9.17, 15) is 0 Å². The summed E-state index contributed by atoms with van der Waals surface area (Å²) in [5, 5.41) is 11.8. The first-order valence-electron chi connectivity index (χ1n) is 4.29. The van der Waals surface area contributed by atoms with E-state index in [4.69, 9.17) is 5.26 Å². The third-order valence-electron chi connectivity index (χ3n) is 2.13. The van der Waals surface area contributed by atoms with Crippen LogP contribution < -0.4 is 5.32 Å². The van der Waals surface area contributed by atoms with Gasteiger partial charge in [-0.3, -0.25) is 0 Å². The van der Waals surface area contributed by atoms with Gasteiger partial charge in [0.1, 0.15) is 0 Å². The lowest BCUT2D eigenvalue weighted by molar-refractivity contribution is 1.12. The van der Waals surface area contributed by atoms with E-state index in [-0.39, 0.29) is 0 Å². The lowest BCUT2D eigenvalue weighted by atomic mass is 10.0. The molecular formula is C11H10N2. The van der Waals surface area contributed by atoms with Crippen molar-refractivity contribution in [1.29, 1.82) is 5.26 Å². The number of nitriles is 1. The van der Waals surface area contributed by atoms with Crippen LogP contribution in [0, 0.1) is 11.3 Å². The van der Waals surface area contributed by atoms with E-state index in [0.717, 1.165) is 17.8 Å². The van der Waals surface area contributed by atoms with E-state index in [1.807, 2.05) is 12.1 Å². The third-order valence-corrected chi connectivity index (χ3v) is 2.13. The lowest BCUT2D eigenvalue weighted by Crippen LogP contribution is -2.09. The molecule has 0 saturated carbocycles. The summed E-state index contributed by atoms with van der Waals surface area (Å²) in [5.41, 5.74) is 3.49. The second-order valence-electron chi connectivity index (χ2n) is 3.08. The normalized spacial score (nSPS) is 13.6. The highest BCUT2D eigenvalue weighted by molar-refractivity contribution is 5.72. The van der Waals surface area contributed by atoms with Crippen LogP contribution in [-0.4, -0.2) is 6.54 Å². The first kappa shape index (κ1) is 7.88. The van der Waals surface area contributed by atoms with Crippen molar-refractivity contribution in [1.82, 2.24) is 0 Å². The molecule has 0 radical (unpaired) electrons. The minimum absolute atomic E-state index is 0.515. The molecule has 1 aromatic carbocycles. The van der Waals surface area contributed by atoms with Crippen molar-refractivity contribution in [3.8, 4) is 6.07 Å². The van der Waals surface area contributed by atoms with Gasteiger partial charge >= 0.3 is 0 Å². The molecule has 1 N–H and O–H groups in total. The third kappa shape index (κ3) is 1.54. The minimum Gasteiger partial charge on any atom is -0.381 e. The summed E-state index contributed by atoms with van der Waals surface area (Å²) >= 11 is 0. The predicted octanol–water partition coefficient (Wildman–Crippen LogP) is 2.41. The van der Waals surface area contributed by atoms with Gasteiger partial charge < -0.3 is 5.32 Å². The molecule has 64 valence electrons. The number of anilines is 1. The summed E-state index contributed by atoms with van der Waals surface area (Å²) in [6, 6.07) is 10.3. The largest absolute Gasteiger partial charge is 0.381 e. The van der Waals surface area contributed by atoms with Gasteiger partial charge in [-0.25, -0.2) is 0 Å². The summed E-state index contributed by atoms with van der Waals surface area (Å²) in [6.45, 7) is 0.796. The molecule has 0 spiro atoms. The number of hydrogen-bond acceptors (Lipinski definition) is 2. The van der Waals surface area contributed by atoms with Gasteiger partial charge in [-0.2, -0.15) is 5.26 Å². The van der Waals surface area contributed by atoms with Crippen molar-refractivity contribution in [3.63, 3.8) is 0 Å². The Hall–Kier alpha value is -1.75. The molecule has 0 atom stereocenters. The first-order chi connectivity index (χ1) is 6.40. The maximum absolute atomic E-state index is 8.55. The smallest absolute Gasteiger partial charge is 0.0666 e. The molecule has 0 aromatic heterocycles. The maximum Gasteiger partial charge on any atom is 0.0666 e. The zero-order valence-electron chi connectivity index (χ0n) is 7.25. The molecule has 1 aliphatic heterocycles. The molecule has 1 aliphatic rings. The summed E-state index contributed by atoms with van der Waals surface area (Å²) in [5.74, 6) is 0. The van der Waals surface area contributed by atoms with Crippen molar-refractivity contribution < 1.29 is 0 Å². The molecule has 0 unspecified atom stereocenters. The Kier molecular flexibility index (Phi) is 2.01. The van der Waals surface area contributed by atoms with Gasteiger partial charge in [0.05, 0.1) is 12.5 Å². The minimum atomic E-state index is 0.515. The van der Waals surface area contributed by atoms with Crippen molar-refractivity contribution in [3.05, 3.63) is 35.4 Å². The highest BCUT2D eigenvalue weighted by atomic mass is 14.9. The Labute approximate surface area is 77.5 Å². The van der Waals surface area contributed by atoms with Crippen LogP contribution in [0.1, 0.15) is 12.0 Å². The van der Waals surface area contributed by atoms with Gasteiger partial charge in [-0.05, 0) is 17.2 Å². The zero-order chi connectivity index (χ0) is 9.10. The molecule has 1 aromatic rings. The Morgan fingerprint density at radius 1 is 1.38 bits per heavy atom. The van der Waals surface area contributed by atoms with E-state index in [1.165, 1.54) is 5.56 Å². The number of nitrogens with one attached hydrogen (secondary N) is 1. The van der Waals surface area contributed by atoms with Crippen molar-refractivity contribution in [2.45, 2.75) is 6.42 Å². The van der Waals surface area contributed by atoms with Crippen LogP contribution in [0.2, 0.25) is 0 Å². The van der Waals surface area contributed by atoms with Crippen LogP contribution in [0.25, 0.3) is 6.08 Å². The van der Waals surface area contributed by atoms with Gasteiger partial charge in [0.15, 0.2) is 0 Å². The fourth-order valence-electron chi connectivity index (χ4n) is 1.48. The Morgan fingerprint density at radius 2 is 2.23 bits per heavy atom. The zero-order valence-corrected chi connectivity index (χ0v) is 7.25. The van der Waals surface area contributed by atoms with Crippen LogP contribution in [0.4, 0.5) is 5.69 Å². The Morgan fingerprint density at radius 3 is 3.08 bits per heavy atom. The van der Waals surface area contributed by atoms with Crippen LogP contribution in [-0.2, 0) is 0 Å². The number of fused-ring (bicyclic) bond motifs is 1. The molecule has 0 bridgehead atoms. The van der Waals surface area contributed by atoms with Crippen molar-refractivity contribution in [2.24, 2.45) is 0 Å². The molecule has 0 saturated heterocycles. The van der Waals surface area contributed by atoms with Crippen LogP contribution in [0.15, 0.2) is 29.8 Å². The molecule has 0 fully saturated rings. The van der Waals surface area contributed by atoms with Crippen LogP contribution in [0.3, 0.4) is 0 Å². The number of nitrogens with zero attached hydrogens (tertiary/aromatic N) is 1. The first-order valence-corrected chi connectivity index (χ1v) is 4.29. The summed E-state index contributed by atoms with van der Waals surface area (Å²) < 4.78 is 0. The highest BCUT2D eigenvalue weighted by Crippen LogP contribution is 2.23. The quantitative estimate of drug-likeness (QED) is 0.702. The Bertz CT molecular complexity index is 385. The van der Waals surface area contributed by atoms with Gasteiger partial charge in [0, 0.05) is 12.2 Å². The van der Waals surface area contributed by atoms with Gasteiger partial charge in [0.2, 0.25) is 0 Å². The fraction of sp³-hybridized carbons (Fsp3) is 0.182. The van der Waals surface area contributed by atoms with E-state index >= 15 is 0 Å². The topological polar surface area (TPSA) is 35.8 Å². The summed E-state index contributed by atoms with van der Waals surface area (Å²) in [7, 11) is 0. The molecule has 1 heterocycles. The van der Waals surface area contributed by atoms with E-state index in [2.05, 4.69) is 29.6 Å². The van der Waals surface area contributed by atoms with Crippen LogP contribution in [0.5, 0.6) is 0 Å². The van der Waals surface area contributed by atoms with E-state index in [1.54, 1.807) is 0 Å². The number of rotatable bonds is 1. The molecule has 2 heteroatoms. The van der Waals surface area contributed by atoms with Gasteiger partial charge in [0.25, 0.3) is 0 Å². The molecule has 2 rings (SSSR count). The molecule has 2 nitrogen and oxygen atoms in total. The van der Waals surface area contributed by atoms with E-state index < -0.39 is 0 Å². The fourth-order valence-corrected chi connectivity index (χ4v) is 1.48.